The fraction of sp³-hybridized carbons (Fsp3) is 0.632. The predicted octanol–water partition coefficient (Wildman–Crippen LogP) is 1.92. The minimum absolute atomic E-state index is 0.150. The van der Waals surface area contributed by atoms with Crippen LogP contribution in [0.3, 0.4) is 0 Å². The van der Waals surface area contributed by atoms with Crippen molar-refractivity contribution in [2.75, 3.05) is 37.8 Å². The molecule has 2 heterocycles. The van der Waals surface area contributed by atoms with E-state index in [0.717, 1.165) is 35.7 Å². The molecule has 0 bridgehead atoms. The molecule has 0 aliphatic heterocycles. The summed E-state index contributed by atoms with van der Waals surface area (Å²) in [4.78, 5) is 36.9. The van der Waals surface area contributed by atoms with Crippen LogP contribution in [0.25, 0.3) is 0 Å². The summed E-state index contributed by atoms with van der Waals surface area (Å²) in [7, 11) is 3.20. The first-order chi connectivity index (χ1) is 15.6. The zero-order chi connectivity index (χ0) is 24.4. The lowest BCUT2D eigenvalue weighted by Crippen LogP contribution is -2.38. The molecule has 0 saturated carbocycles. The fourth-order valence-corrected chi connectivity index (χ4v) is 4.06. The summed E-state index contributed by atoms with van der Waals surface area (Å²) in [5, 5.41) is 26.8. The number of hydrogen-bond donors (Lipinski definition) is 3. The second kappa shape index (κ2) is 12.5. The van der Waals surface area contributed by atoms with E-state index in [0.29, 0.717) is 10.3 Å². The second-order valence-corrected chi connectivity index (χ2v) is 10.3. The van der Waals surface area contributed by atoms with Gasteiger partial charge in [0.2, 0.25) is 22.1 Å². The van der Waals surface area contributed by atoms with E-state index in [1.165, 1.54) is 34.6 Å². The number of rotatable bonds is 11. The van der Waals surface area contributed by atoms with Crippen LogP contribution in [-0.2, 0) is 27.2 Å². The fourth-order valence-electron chi connectivity index (χ4n) is 2.47. The molecule has 3 N–H and O–H groups in total. The van der Waals surface area contributed by atoms with Crippen LogP contribution in [0, 0.1) is 0 Å². The summed E-state index contributed by atoms with van der Waals surface area (Å²) in [5.41, 5.74) is -0.628. The van der Waals surface area contributed by atoms with Crippen LogP contribution >= 0.6 is 22.7 Å². The molecule has 0 aromatic carbocycles. The number of carbonyl (C=O) groups excluding carboxylic acids is 3. The Hall–Kier alpha value is -2.71. The van der Waals surface area contributed by atoms with Crippen molar-refractivity contribution in [3.63, 3.8) is 0 Å². The second-order valence-electron chi connectivity index (χ2n) is 8.17. The van der Waals surface area contributed by atoms with Crippen LogP contribution in [0.4, 0.5) is 15.1 Å². The molecule has 2 rings (SSSR count). The average molecular weight is 499 g/mol. The zero-order valence-electron chi connectivity index (χ0n) is 19.4. The molecule has 0 atom stereocenters. The number of aryl methyl sites for hydroxylation is 2. The van der Waals surface area contributed by atoms with Crippen molar-refractivity contribution in [3.8, 4) is 0 Å². The summed E-state index contributed by atoms with van der Waals surface area (Å²) in [6.45, 7) is 5.36. The van der Waals surface area contributed by atoms with Crippen molar-refractivity contribution >= 4 is 50.8 Å². The lowest BCUT2D eigenvalue weighted by atomic mass is 10.2. The number of hydrogen-bond acceptors (Lipinski definition) is 11. The number of likely N-dealkylation sites (N-methyl/N-ethyl adjacent to an activating group) is 2. The third-order valence-electron chi connectivity index (χ3n) is 3.88. The number of unbranched alkanes of at least 4 members (excludes halogenated alkanes) is 1. The highest BCUT2D eigenvalue weighted by molar-refractivity contribution is 7.15. The van der Waals surface area contributed by atoms with Crippen LogP contribution in [0.5, 0.6) is 0 Å². The third kappa shape index (κ3) is 10.2. The van der Waals surface area contributed by atoms with Gasteiger partial charge in [-0.25, -0.2) is 4.79 Å². The predicted molar refractivity (Wildman–Crippen MR) is 127 cm³/mol. The van der Waals surface area contributed by atoms with Gasteiger partial charge in [-0.2, -0.15) is 0 Å². The van der Waals surface area contributed by atoms with Gasteiger partial charge in [0.15, 0.2) is 0 Å². The van der Waals surface area contributed by atoms with E-state index < -0.39 is 11.7 Å². The van der Waals surface area contributed by atoms with E-state index in [1.807, 2.05) is 0 Å². The monoisotopic (exact) mass is 498 g/mol. The van der Waals surface area contributed by atoms with Gasteiger partial charge in [-0.15, -0.1) is 20.4 Å². The van der Waals surface area contributed by atoms with E-state index in [-0.39, 0.29) is 24.9 Å². The molecule has 2 aromatic rings. The topological polar surface area (TPSA) is 151 Å². The van der Waals surface area contributed by atoms with Gasteiger partial charge in [-0.05, 0) is 40.7 Å². The Balaban J connectivity index is 1.69. The molecule has 182 valence electrons. The first-order valence-corrected chi connectivity index (χ1v) is 12.0. The molecule has 2 aromatic heterocycles. The highest BCUT2D eigenvalue weighted by Gasteiger charge is 2.21. The molecule has 0 saturated heterocycles. The van der Waals surface area contributed by atoms with Gasteiger partial charge in [0.05, 0.1) is 6.54 Å². The van der Waals surface area contributed by atoms with Crippen LogP contribution in [0.1, 0.15) is 43.6 Å². The Morgan fingerprint density at radius 1 is 0.909 bits per heavy atom. The molecule has 12 nitrogen and oxygen atoms in total. The number of nitrogens with one attached hydrogen (secondary N) is 3. The van der Waals surface area contributed by atoms with Crippen LogP contribution in [0.2, 0.25) is 0 Å². The van der Waals surface area contributed by atoms with Gasteiger partial charge in [0, 0.05) is 19.9 Å². The minimum Gasteiger partial charge on any atom is -0.444 e. The maximum Gasteiger partial charge on any atom is 0.410 e. The molecule has 0 radical (unpaired) electrons. The SMILES string of the molecule is CNCC(=O)Nc1nnc(CCCCc2nnc(NC(=O)CN(C)C(=O)OC(C)(C)C)s2)s1. The van der Waals surface area contributed by atoms with Gasteiger partial charge in [-0.3, -0.25) is 20.2 Å². The molecular weight excluding hydrogens is 468 g/mol. The van der Waals surface area contributed by atoms with E-state index in [9.17, 15) is 14.4 Å². The van der Waals surface area contributed by atoms with Crippen molar-refractivity contribution in [1.82, 2.24) is 30.6 Å². The number of anilines is 2. The van der Waals surface area contributed by atoms with Crippen LogP contribution in [0.15, 0.2) is 0 Å². The first kappa shape index (κ1) is 26.5. The Kier molecular flexibility index (Phi) is 10.1. The average Bonchev–Trinajstić information content (AvgIpc) is 3.33. The minimum atomic E-state index is -0.628. The zero-order valence-corrected chi connectivity index (χ0v) is 21.1. The van der Waals surface area contributed by atoms with Crippen molar-refractivity contribution in [1.29, 1.82) is 0 Å². The quantitative estimate of drug-likeness (QED) is 0.395. The smallest absolute Gasteiger partial charge is 0.410 e. The standard InChI is InChI=1S/C19H30N8O4S2/c1-19(2,3)31-18(30)27(5)11-13(29)22-17-26-24-15(33-17)9-7-6-8-14-23-25-16(32-14)21-12(28)10-20-4/h20H,6-11H2,1-5H3,(H,21,25,28)(H,22,26,29). The normalized spacial score (nSPS) is 11.2. The number of nitrogens with zero attached hydrogens (tertiary/aromatic N) is 5. The summed E-state index contributed by atoms with van der Waals surface area (Å²) in [5.74, 6) is -0.532. The van der Waals surface area contributed by atoms with Gasteiger partial charge in [-0.1, -0.05) is 22.7 Å². The Labute approximate surface area is 200 Å². The molecule has 3 amide bonds. The molecule has 0 aliphatic carbocycles. The third-order valence-corrected chi connectivity index (χ3v) is 5.68. The molecule has 0 spiro atoms. The molecule has 0 unspecified atom stereocenters. The van der Waals surface area contributed by atoms with Gasteiger partial charge in [0.25, 0.3) is 0 Å². The number of ether oxygens (including phenoxy) is 1. The number of amides is 3. The molecule has 0 fully saturated rings. The van der Waals surface area contributed by atoms with E-state index in [2.05, 4.69) is 36.3 Å². The summed E-state index contributed by atoms with van der Waals surface area (Å²) < 4.78 is 5.22. The lowest BCUT2D eigenvalue weighted by Gasteiger charge is -2.24. The van der Waals surface area contributed by atoms with Crippen LogP contribution < -0.4 is 16.0 Å². The molecule has 14 heteroatoms. The van der Waals surface area contributed by atoms with E-state index in [4.69, 9.17) is 4.74 Å². The van der Waals surface area contributed by atoms with Crippen molar-refractivity contribution < 1.29 is 19.1 Å². The lowest BCUT2D eigenvalue weighted by molar-refractivity contribution is -0.117. The van der Waals surface area contributed by atoms with Gasteiger partial charge >= 0.3 is 6.09 Å². The first-order valence-electron chi connectivity index (χ1n) is 10.4. The summed E-state index contributed by atoms with van der Waals surface area (Å²) in [6.07, 6.45) is 2.64. The largest absolute Gasteiger partial charge is 0.444 e. The van der Waals surface area contributed by atoms with Crippen LogP contribution in [-0.4, -0.2) is 76.0 Å². The Morgan fingerprint density at radius 3 is 1.91 bits per heavy atom. The highest BCUT2D eigenvalue weighted by Crippen LogP contribution is 2.20. The molecule has 33 heavy (non-hydrogen) atoms. The highest BCUT2D eigenvalue weighted by atomic mass is 32.1. The van der Waals surface area contributed by atoms with Crippen molar-refractivity contribution in [3.05, 3.63) is 10.0 Å². The maximum atomic E-state index is 12.2. The summed E-state index contributed by atoms with van der Waals surface area (Å²) >= 11 is 2.66. The number of carbonyl (C=O) groups is 3. The maximum absolute atomic E-state index is 12.2. The summed E-state index contributed by atoms with van der Waals surface area (Å²) in [6, 6.07) is 0. The Morgan fingerprint density at radius 2 is 1.42 bits per heavy atom. The van der Waals surface area contributed by atoms with Crippen molar-refractivity contribution in [2.45, 2.75) is 52.1 Å². The van der Waals surface area contributed by atoms with Crippen molar-refractivity contribution in [2.24, 2.45) is 0 Å². The van der Waals surface area contributed by atoms with E-state index in [1.54, 1.807) is 27.8 Å². The Bertz CT molecular complexity index is 940. The molecular formula is C19H30N8O4S2. The molecule has 0 aliphatic rings. The van der Waals surface area contributed by atoms with Gasteiger partial charge < -0.3 is 15.0 Å². The number of aromatic nitrogens is 4. The van der Waals surface area contributed by atoms with Gasteiger partial charge in [0.1, 0.15) is 22.2 Å². The van der Waals surface area contributed by atoms with E-state index >= 15 is 0 Å².